The maximum absolute atomic E-state index is 12.5. The van der Waals surface area contributed by atoms with Crippen molar-refractivity contribution in [2.24, 2.45) is 0 Å². The predicted molar refractivity (Wildman–Crippen MR) is 60.8 cm³/mol. The second-order valence-electron chi connectivity index (χ2n) is 4.53. The van der Waals surface area contributed by atoms with Gasteiger partial charge in [-0.2, -0.15) is 13.2 Å². The fourth-order valence-electron chi connectivity index (χ4n) is 2.10. The van der Waals surface area contributed by atoms with E-state index >= 15 is 0 Å². The first-order valence-electron chi connectivity index (χ1n) is 5.70. The minimum Gasteiger partial charge on any atom is -0.362 e. The van der Waals surface area contributed by atoms with E-state index in [0.717, 1.165) is 45.4 Å². The Bertz CT molecular complexity index is 210. The van der Waals surface area contributed by atoms with Gasteiger partial charge in [-0.1, -0.05) is 41.6 Å². The van der Waals surface area contributed by atoms with Crippen LogP contribution in [0.5, 0.6) is 0 Å². The standard InChI is InChI=1S/C11H18BrF3O/c1-9(11(13,14)15)16-10(8-12)6-4-2-3-5-7-10/h9H,2-8H2,1H3. The van der Waals surface area contributed by atoms with E-state index in [-0.39, 0.29) is 0 Å². The summed E-state index contributed by atoms with van der Waals surface area (Å²) in [7, 11) is 0. The van der Waals surface area contributed by atoms with Crippen molar-refractivity contribution in [3.05, 3.63) is 0 Å². The van der Waals surface area contributed by atoms with Crippen LogP contribution in [0, 0.1) is 0 Å². The Morgan fingerprint density at radius 1 is 1.19 bits per heavy atom. The molecule has 16 heavy (non-hydrogen) atoms. The van der Waals surface area contributed by atoms with Crippen LogP contribution >= 0.6 is 15.9 Å². The van der Waals surface area contributed by atoms with Crippen molar-refractivity contribution in [3.63, 3.8) is 0 Å². The zero-order chi connectivity index (χ0) is 12.2. The summed E-state index contributed by atoms with van der Waals surface area (Å²) in [5.41, 5.74) is -0.620. The number of alkyl halides is 4. The molecule has 0 aromatic rings. The minimum absolute atomic E-state index is 0.487. The molecule has 0 N–H and O–H groups in total. The van der Waals surface area contributed by atoms with E-state index in [0.29, 0.717) is 5.33 Å². The molecule has 0 spiro atoms. The Labute approximate surface area is 103 Å². The molecule has 0 radical (unpaired) electrons. The molecule has 5 heteroatoms. The third-order valence-corrected chi connectivity index (χ3v) is 4.17. The molecule has 0 amide bonds. The fourth-order valence-corrected chi connectivity index (χ4v) is 2.79. The molecule has 96 valence electrons. The number of halogens is 4. The van der Waals surface area contributed by atoms with Crippen LogP contribution in [0.1, 0.15) is 45.4 Å². The molecule has 0 saturated heterocycles. The molecule has 0 aromatic heterocycles. The van der Waals surface area contributed by atoms with Gasteiger partial charge in [0.05, 0.1) is 5.60 Å². The first-order valence-corrected chi connectivity index (χ1v) is 6.82. The van der Waals surface area contributed by atoms with Crippen molar-refractivity contribution in [1.82, 2.24) is 0 Å². The minimum atomic E-state index is -4.26. The summed E-state index contributed by atoms with van der Waals surface area (Å²) >= 11 is 3.31. The molecular formula is C11H18BrF3O. The lowest BCUT2D eigenvalue weighted by molar-refractivity contribution is -0.245. The Hall–Kier alpha value is 0.230. The molecule has 1 nitrogen and oxygen atoms in total. The summed E-state index contributed by atoms with van der Waals surface area (Å²) in [5.74, 6) is 0. The van der Waals surface area contributed by atoms with E-state index in [1.165, 1.54) is 0 Å². The van der Waals surface area contributed by atoms with Crippen LogP contribution in [0.15, 0.2) is 0 Å². The highest BCUT2D eigenvalue weighted by atomic mass is 79.9. The number of rotatable bonds is 3. The smallest absolute Gasteiger partial charge is 0.362 e. The maximum atomic E-state index is 12.5. The van der Waals surface area contributed by atoms with E-state index in [4.69, 9.17) is 4.74 Å². The van der Waals surface area contributed by atoms with E-state index in [9.17, 15) is 13.2 Å². The third kappa shape index (κ3) is 3.91. The van der Waals surface area contributed by atoms with Crippen LogP contribution in [-0.4, -0.2) is 23.2 Å². The van der Waals surface area contributed by atoms with Gasteiger partial charge in [0.25, 0.3) is 0 Å². The molecule has 0 aromatic carbocycles. The summed E-state index contributed by atoms with van der Waals surface area (Å²) in [5, 5.41) is 0.487. The molecule has 1 aliphatic rings. The average molecular weight is 303 g/mol. The first-order chi connectivity index (χ1) is 7.40. The lowest BCUT2D eigenvalue weighted by Gasteiger charge is -2.34. The van der Waals surface area contributed by atoms with Gasteiger partial charge in [0, 0.05) is 5.33 Å². The van der Waals surface area contributed by atoms with E-state index in [1.54, 1.807) is 0 Å². The van der Waals surface area contributed by atoms with Gasteiger partial charge in [0.2, 0.25) is 0 Å². The van der Waals surface area contributed by atoms with Gasteiger partial charge in [-0.15, -0.1) is 0 Å². The van der Waals surface area contributed by atoms with Crippen molar-refractivity contribution >= 4 is 15.9 Å². The van der Waals surface area contributed by atoms with Crippen LogP contribution in [-0.2, 0) is 4.74 Å². The van der Waals surface area contributed by atoms with Crippen LogP contribution < -0.4 is 0 Å². The van der Waals surface area contributed by atoms with Crippen molar-refractivity contribution in [3.8, 4) is 0 Å². The van der Waals surface area contributed by atoms with Gasteiger partial charge in [-0.05, 0) is 19.8 Å². The summed E-state index contributed by atoms with van der Waals surface area (Å²) in [6, 6.07) is 0. The highest BCUT2D eigenvalue weighted by Crippen LogP contribution is 2.36. The molecule has 0 heterocycles. The molecule has 0 bridgehead atoms. The molecule has 1 saturated carbocycles. The Morgan fingerprint density at radius 2 is 1.69 bits per heavy atom. The molecule has 1 fully saturated rings. The summed E-state index contributed by atoms with van der Waals surface area (Å²) in [4.78, 5) is 0. The quantitative estimate of drug-likeness (QED) is 0.553. The van der Waals surface area contributed by atoms with Gasteiger partial charge in [0.15, 0.2) is 6.10 Å². The van der Waals surface area contributed by atoms with E-state index < -0.39 is 17.9 Å². The largest absolute Gasteiger partial charge is 0.414 e. The molecule has 1 atom stereocenters. The van der Waals surface area contributed by atoms with Crippen LogP contribution in [0.3, 0.4) is 0 Å². The number of hydrogen-bond acceptors (Lipinski definition) is 1. The maximum Gasteiger partial charge on any atom is 0.414 e. The number of ether oxygens (including phenoxy) is 1. The molecule has 1 aliphatic carbocycles. The normalized spacial score (nSPS) is 23.8. The molecular weight excluding hydrogens is 285 g/mol. The van der Waals surface area contributed by atoms with Gasteiger partial charge < -0.3 is 4.74 Å². The van der Waals surface area contributed by atoms with E-state index in [1.807, 2.05) is 0 Å². The zero-order valence-electron chi connectivity index (χ0n) is 9.45. The third-order valence-electron chi connectivity index (χ3n) is 3.15. The molecule has 1 rings (SSSR count). The SMILES string of the molecule is CC(OC1(CBr)CCCCCC1)C(F)(F)F. The number of hydrogen-bond donors (Lipinski definition) is 0. The van der Waals surface area contributed by atoms with Crippen molar-refractivity contribution in [2.75, 3.05) is 5.33 Å². The molecule has 1 unspecified atom stereocenters. The topological polar surface area (TPSA) is 9.23 Å². The lowest BCUT2D eigenvalue weighted by atomic mass is 9.96. The van der Waals surface area contributed by atoms with E-state index in [2.05, 4.69) is 15.9 Å². The van der Waals surface area contributed by atoms with Crippen LogP contribution in [0.4, 0.5) is 13.2 Å². The van der Waals surface area contributed by atoms with Gasteiger partial charge >= 0.3 is 6.18 Å². The second-order valence-corrected chi connectivity index (χ2v) is 5.09. The zero-order valence-corrected chi connectivity index (χ0v) is 11.0. The van der Waals surface area contributed by atoms with Crippen molar-refractivity contribution < 1.29 is 17.9 Å². The van der Waals surface area contributed by atoms with Crippen LogP contribution in [0.2, 0.25) is 0 Å². The summed E-state index contributed by atoms with van der Waals surface area (Å²) in [6.07, 6.45) is -0.398. The second kappa shape index (κ2) is 5.71. The predicted octanol–water partition coefficient (Wildman–Crippen LogP) is 4.44. The van der Waals surface area contributed by atoms with Gasteiger partial charge in [-0.3, -0.25) is 0 Å². The first kappa shape index (κ1) is 14.3. The highest BCUT2D eigenvalue weighted by molar-refractivity contribution is 9.09. The monoisotopic (exact) mass is 302 g/mol. The van der Waals surface area contributed by atoms with Crippen molar-refractivity contribution in [2.45, 2.75) is 63.3 Å². The van der Waals surface area contributed by atoms with Gasteiger partial charge in [-0.25, -0.2) is 0 Å². The average Bonchev–Trinajstić information content (AvgIpc) is 2.43. The summed E-state index contributed by atoms with van der Waals surface area (Å²) < 4.78 is 42.7. The lowest BCUT2D eigenvalue weighted by Crippen LogP contribution is -2.42. The molecule has 0 aliphatic heterocycles. The van der Waals surface area contributed by atoms with Crippen LogP contribution in [0.25, 0.3) is 0 Å². The Kier molecular flexibility index (Phi) is 5.10. The Morgan fingerprint density at radius 3 is 2.06 bits per heavy atom. The summed E-state index contributed by atoms with van der Waals surface area (Å²) in [6.45, 7) is 1.09. The fraction of sp³-hybridized carbons (Fsp3) is 1.00. The Balaban J connectivity index is 2.64. The highest BCUT2D eigenvalue weighted by Gasteiger charge is 2.43. The van der Waals surface area contributed by atoms with Crippen molar-refractivity contribution in [1.29, 1.82) is 0 Å². The van der Waals surface area contributed by atoms with Gasteiger partial charge in [0.1, 0.15) is 0 Å².